The second-order valence-electron chi connectivity index (χ2n) is 9.51. The van der Waals surface area contributed by atoms with Crippen molar-refractivity contribution in [3.05, 3.63) is 30.6 Å². The largest absolute Gasteiger partial charge is 0.489 e. The molecule has 1 saturated carbocycles. The molecule has 3 fully saturated rings. The van der Waals surface area contributed by atoms with E-state index in [2.05, 4.69) is 18.7 Å². The third kappa shape index (κ3) is 8.41. The molecule has 1 aliphatic carbocycles. The standard InChI is InChI=1S/C19H31IN3O14P3/c1-2-6-14-34-15-13(33-18(16(15)35-14)23-9-12(20)17(24)21-19(23)25)10-32-39(28,29)37-40(30,31)36-38(26,27)22-11-7-4-3-5-8-11/h9,11,13-16,18H,2-8,10H2,1H3,(H,28,29)(H,30,31)(H,21,24,25)(H2,22,26,27)/t13-,14?,15?,16+,18-/m1/s1. The first-order valence-corrected chi connectivity index (χ1v) is 18.1. The van der Waals surface area contributed by atoms with E-state index in [1.54, 1.807) is 22.6 Å². The summed E-state index contributed by atoms with van der Waals surface area (Å²) in [6.07, 6.45) is 1.39. The maximum absolute atomic E-state index is 12.5. The predicted octanol–water partition coefficient (Wildman–Crippen LogP) is 2.22. The second kappa shape index (κ2) is 13.1. The van der Waals surface area contributed by atoms with Crippen molar-refractivity contribution in [3.63, 3.8) is 0 Å². The number of ether oxygens (including phenoxy) is 3. The molecule has 0 amide bonds. The lowest BCUT2D eigenvalue weighted by Crippen LogP contribution is -2.37. The van der Waals surface area contributed by atoms with Crippen molar-refractivity contribution in [2.24, 2.45) is 0 Å². The molecule has 3 heterocycles. The van der Waals surface area contributed by atoms with Gasteiger partial charge in [-0.1, -0.05) is 32.6 Å². The van der Waals surface area contributed by atoms with Gasteiger partial charge in [0.25, 0.3) is 5.56 Å². The van der Waals surface area contributed by atoms with E-state index in [1.165, 1.54) is 6.20 Å². The van der Waals surface area contributed by atoms with E-state index in [0.29, 0.717) is 25.7 Å². The fraction of sp³-hybridized carbons (Fsp3) is 0.789. The zero-order valence-corrected chi connectivity index (χ0v) is 26.0. The van der Waals surface area contributed by atoms with Crippen molar-refractivity contribution in [1.29, 1.82) is 0 Å². The summed E-state index contributed by atoms with van der Waals surface area (Å²) >= 11 is 1.73. The number of aromatic amines is 1. The average Bonchev–Trinajstić information content (AvgIpc) is 3.38. The highest BCUT2D eigenvalue weighted by Crippen LogP contribution is 2.66. The van der Waals surface area contributed by atoms with E-state index in [0.717, 1.165) is 23.8 Å². The molecule has 21 heteroatoms. The number of nitrogens with zero attached hydrogens (tertiary/aromatic N) is 1. The normalized spacial score (nSPS) is 31.8. The van der Waals surface area contributed by atoms with Crippen LogP contribution in [-0.2, 0) is 41.1 Å². The molecule has 5 unspecified atom stereocenters. The summed E-state index contributed by atoms with van der Waals surface area (Å²) < 4.78 is 69.3. The van der Waals surface area contributed by atoms with Crippen molar-refractivity contribution in [2.45, 2.75) is 88.7 Å². The molecular weight excluding hydrogens is 714 g/mol. The Bertz CT molecular complexity index is 1320. The molecule has 4 rings (SSSR count). The van der Waals surface area contributed by atoms with Crippen molar-refractivity contribution in [3.8, 4) is 0 Å². The molecule has 228 valence electrons. The lowest BCUT2D eigenvalue weighted by Gasteiger charge is -2.26. The van der Waals surface area contributed by atoms with Crippen LogP contribution < -0.4 is 16.3 Å². The molecule has 0 bridgehead atoms. The van der Waals surface area contributed by atoms with Crippen LogP contribution in [0.25, 0.3) is 0 Å². The van der Waals surface area contributed by atoms with E-state index in [1.807, 2.05) is 6.92 Å². The van der Waals surface area contributed by atoms with Crippen LogP contribution in [0.1, 0.15) is 58.1 Å². The number of halogens is 1. The Morgan fingerprint density at radius 1 is 1.05 bits per heavy atom. The molecule has 1 aromatic rings. The van der Waals surface area contributed by atoms with E-state index in [9.17, 15) is 38.0 Å². The van der Waals surface area contributed by atoms with Gasteiger partial charge in [-0.2, -0.15) is 8.62 Å². The fourth-order valence-electron chi connectivity index (χ4n) is 4.74. The smallest absolute Gasteiger partial charge is 0.346 e. The SMILES string of the molecule is CCCC1OC2[C@@H](COP(=O)(O)OP(=O)(O)OP(=O)(O)NC3CCCCC3)O[C@@H](n3cc(I)c(=O)[nH]c3=O)[C@H]2O1. The number of phosphoric acid groups is 2. The average molecular weight is 745 g/mol. The summed E-state index contributed by atoms with van der Waals surface area (Å²) in [6, 6.07) is -0.439. The van der Waals surface area contributed by atoms with E-state index >= 15 is 0 Å². The quantitative estimate of drug-likeness (QED) is 0.152. The molecular formula is C19H31IN3O14P3. The molecule has 8 atom stereocenters. The molecule has 0 radical (unpaired) electrons. The predicted molar refractivity (Wildman–Crippen MR) is 144 cm³/mol. The Morgan fingerprint density at radius 3 is 2.40 bits per heavy atom. The van der Waals surface area contributed by atoms with Crippen LogP contribution in [0.2, 0.25) is 0 Å². The highest BCUT2D eigenvalue weighted by atomic mass is 127. The van der Waals surface area contributed by atoms with Gasteiger partial charge in [0.15, 0.2) is 12.5 Å². The Morgan fingerprint density at radius 2 is 1.73 bits per heavy atom. The third-order valence-corrected chi connectivity index (χ3v) is 11.7. The zero-order valence-electron chi connectivity index (χ0n) is 21.2. The molecule has 5 N–H and O–H groups in total. The van der Waals surface area contributed by atoms with E-state index in [-0.39, 0.29) is 3.57 Å². The zero-order chi connectivity index (χ0) is 29.3. The Hall–Kier alpha value is -0.300. The van der Waals surface area contributed by atoms with Gasteiger partial charge in [0.05, 0.1) is 10.2 Å². The lowest BCUT2D eigenvalue weighted by molar-refractivity contribution is -0.153. The first kappa shape index (κ1) is 32.6. The Labute approximate surface area is 241 Å². The molecule has 0 aromatic carbocycles. The van der Waals surface area contributed by atoms with Crippen LogP contribution in [0.15, 0.2) is 15.8 Å². The Balaban J connectivity index is 1.42. The first-order chi connectivity index (χ1) is 18.7. The van der Waals surface area contributed by atoms with E-state index < -0.39 is 78.1 Å². The summed E-state index contributed by atoms with van der Waals surface area (Å²) in [5.74, 6) is 0. The topological polar surface area (TPSA) is 234 Å². The summed E-state index contributed by atoms with van der Waals surface area (Å²) in [7, 11) is -15.8. The molecule has 1 aromatic heterocycles. The summed E-state index contributed by atoms with van der Waals surface area (Å²) in [5, 5.41) is 2.25. The van der Waals surface area contributed by atoms with Gasteiger partial charge >= 0.3 is 29.1 Å². The number of hydrogen-bond donors (Lipinski definition) is 5. The van der Waals surface area contributed by atoms with Crippen molar-refractivity contribution in [1.82, 2.24) is 14.6 Å². The van der Waals surface area contributed by atoms with Gasteiger partial charge in [-0.3, -0.25) is 18.9 Å². The van der Waals surface area contributed by atoms with Gasteiger partial charge in [0.1, 0.15) is 18.3 Å². The highest BCUT2D eigenvalue weighted by Gasteiger charge is 2.54. The van der Waals surface area contributed by atoms with Gasteiger partial charge in [-0.15, -0.1) is 0 Å². The minimum Gasteiger partial charge on any atom is -0.346 e. The molecule has 3 aliphatic rings. The second-order valence-corrected chi connectivity index (χ2v) is 15.4. The van der Waals surface area contributed by atoms with Crippen LogP contribution >= 0.6 is 46.0 Å². The third-order valence-electron chi connectivity index (χ3n) is 6.40. The van der Waals surface area contributed by atoms with Gasteiger partial charge < -0.3 is 28.9 Å². The number of aromatic nitrogens is 2. The van der Waals surface area contributed by atoms with Crippen LogP contribution in [0.3, 0.4) is 0 Å². The van der Waals surface area contributed by atoms with Crippen LogP contribution in [0.5, 0.6) is 0 Å². The maximum atomic E-state index is 12.5. The van der Waals surface area contributed by atoms with Crippen LogP contribution in [-0.4, -0.2) is 61.5 Å². The summed E-state index contributed by atoms with van der Waals surface area (Å²) in [4.78, 5) is 56.4. The van der Waals surface area contributed by atoms with Gasteiger partial charge in [0, 0.05) is 12.2 Å². The van der Waals surface area contributed by atoms with Crippen molar-refractivity contribution < 1.29 is 55.7 Å². The summed E-state index contributed by atoms with van der Waals surface area (Å²) in [5.41, 5.74) is -1.39. The van der Waals surface area contributed by atoms with Gasteiger partial charge in [0.2, 0.25) is 0 Å². The van der Waals surface area contributed by atoms with Crippen LogP contribution in [0.4, 0.5) is 0 Å². The minimum atomic E-state index is -5.57. The van der Waals surface area contributed by atoms with Crippen LogP contribution in [0, 0.1) is 3.57 Å². The summed E-state index contributed by atoms with van der Waals surface area (Å²) in [6.45, 7) is 1.16. The molecule has 2 aliphatic heterocycles. The molecule has 2 saturated heterocycles. The van der Waals surface area contributed by atoms with Gasteiger partial charge in [-0.25, -0.2) is 23.6 Å². The number of rotatable bonds is 12. The minimum absolute atomic E-state index is 0.187. The fourth-order valence-corrected chi connectivity index (χ4v) is 9.16. The number of phosphoric ester groups is 1. The number of nitrogens with one attached hydrogen (secondary N) is 2. The molecule has 40 heavy (non-hydrogen) atoms. The monoisotopic (exact) mass is 745 g/mol. The van der Waals surface area contributed by atoms with E-state index in [4.69, 9.17) is 18.7 Å². The van der Waals surface area contributed by atoms with Gasteiger partial charge in [-0.05, 0) is 41.9 Å². The van der Waals surface area contributed by atoms with Crippen molar-refractivity contribution >= 4 is 46.0 Å². The van der Waals surface area contributed by atoms with Crippen molar-refractivity contribution in [2.75, 3.05) is 6.61 Å². The highest BCUT2D eigenvalue weighted by molar-refractivity contribution is 14.1. The molecule has 17 nitrogen and oxygen atoms in total. The number of H-pyrrole nitrogens is 1. The Kier molecular flexibility index (Phi) is 10.7. The number of fused-ring (bicyclic) bond motifs is 1. The lowest BCUT2D eigenvalue weighted by atomic mass is 9.96. The first-order valence-electron chi connectivity index (χ1n) is 12.5. The maximum Gasteiger partial charge on any atom is 0.489 e. The number of hydrogen-bond acceptors (Lipinski definition) is 11. The molecule has 0 spiro atoms.